The molecule has 0 bridgehead atoms. The maximum Gasteiger partial charge on any atom is 0.495 e. The molecule has 4 nitrogen and oxygen atoms in total. The highest BCUT2D eigenvalue weighted by Gasteiger charge is 2.52. The molecule has 196 valence electrons. The average molecular weight is 508 g/mol. The first kappa shape index (κ1) is 27.0. The summed E-state index contributed by atoms with van der Waals surface area (Å²) in [5, 5.41) is 4.87. The Morgan fingerprint density at radius 2 is 0.921 bits per heavy atom. The van der Waals surface area contributed by atoms with Gasteiger partial charge in [-0.3, -0.25) is 0 Å². The van der Waals surface area contributed by atoms with Crippen LogP contribution in [0, 0.1) is 0 Å². The highest BCUT2D eigenvalue weighted by molar-refractivity contribution is 6.65. The normalized spacial score (nSPS) is 20.9. The van der Waals surface area contributed by atoms with Crippen molar-refractivity contribution < 1.29 is 18.6 Å². The van der Waals surface area contributed by atoms with Crippen molar-refractivity contribution >= 4 is 46.7 Å². The molecule has 2 heterocycles. The summed E-state index contributed by atoms with van der Waals surface area (Å²) in [5.41, 5.74) is 1.02. The Morgan fingerprint density at radius 3 is 1.53 bits per heavy atom. The Hall–Kier alpha value is -2.63. The lowest BCUT2D eigenvalue weighted by Gasteiger charge is -2.32. The molecule has 2 fully saturated rings. The average Bonchev–Trinajstić information content (AvgIpc) is 3.23. The second-order valence-electron chi connectivity index (χ2n) is 12.4. The van der Waals surface area contributed by atoms with Crippen LogP contribution in [0.25, 0.3) is 21.5 Å². The number of fused-ring (bicyclic) bond motifs is 2. The van der Waals surface area contributed by atoms with Gasteiger partial charge in [-0.1, -0.05) is 84.9 Å². The lowest BCUT2D eigenvalue weighted by molar-refractivity contribution is 0.00578. The van der Waals surface area contributed by atoms with Crippen molar-refractivity contribution in [1.82, 2.24) is 0 Å². The SMILES string of the molecule is CC1(C)OB(c2ccc3ccccc3c2)OC1(C)C.CC1(C)OB(c2cccc3ccccc23)OC1(C)C. The van der Waals surface area contributed by atoms with Gasteiger partial charge in [0, 0.05) is 0 Å². The highest BCUT2D eigenvalue weighted by atomic mass is 16.7. The molecule has 6 heteroatoms. The molecule has 2 aliphatic rings. The van der Waals surface area contributed by atoms with Crippen molar-refractivity contribution in [2.45, 2.75) is 77.8 Å². The van der Waals surface area contributed by atoms with E-state index in [9.17, 15) is 0 Å². The molecule has 0 N–H and O–H groups in total. The first-order valence-corrected chi connectivity index (χ1v) is 13.5. The third-order valence-electron chi connectivity index (χ3n) is 8.63. The van der Waals surface area contributed by atoms with Crippen LogP contribution in [0.15, 0.2) is 84.9 Å². The molecule has 0 amide bonds. The molecule has 2 saturated heterocycles. The number of rotatable bonds is 2. The lowest BCUT2D eigenvalue weighted by atomic mass is 9.76. The summed E-state index contributed by atoms with van der Waals surface area (Å²) in [7, 11) is -0.578. The molecule has 0 atom stereocenters. The summed E-state index contributed by atoms with van der Waals surface area (Å²) < 4.78 is 24.4. The van der Waals surface area contributed by atoms with Gasteiger partial charge in [-0.05, 0) is 87.9 Å². The van der Waals surface area contributed by atoms with Crippen LogP contribution in [0.3, 0.4) is 0 Å². The predicted octanol–water partition coefficient (Wildman–Crippen LogP) is 6.28. The van der Waals surface area contributed by atoms with E-state index < -0.39 is 0 Å². The maximum absolute atomic E-state index is 6.14. The quantitative estimate of drug-likeness (QED) is 0.299. The summed E-state index contributed by atoms with van der Waals surface area (Å²) in [5.74, 6) is 0. The molecule has 0 aromatic heterocycles. The maximum atomic E-state index is 6.14. The van der Waals surface area contributed by atoms with E-state index in [0.29, 0.717) is 0 Å². The minimum Gasteiger partial charge on any atom is -0.399 e. The van der Waals surface area contributed by atoms with Crippen LogP contribution in [-0.4, -0.2) is 36.6 Å². The van der Waals surface area contributed by atoms with Gasteiger partial charge in [0.05, 0.1) is 22.4 Å². The summed E-state index contributed by atoms with van der Waals surface area (Å²) in [4.78, 5) is 0. The van der Waals surface area contributed by atoms with Crippen LogP contribution >= 0.6 is 0 Å². The number of hydrogen-bond donors (Lipinski definition) is 0. The molecule has 4 aromatic carbocycles. The molecule has 38 heavy (non-hydrogen) atoms. The summed E-state index contributed by atoms with van der Waals surface area (Å²) in [6, 6.07) is 29.3. The minimum atomic E-state index is -0.297. The van der Waals surface area contributed by atoms with E-state index in [0.717, 1.165) is 10.9 Å². The van der Waals surface area contributed by atoms with Crippen molar-refractivity contribution in [3.8, 4) is 0 Å². The molecule has 6 rings (SSSR count). The van der Waals surface area contributed by atoms with Crippen LogP contribution in [0.4, 0.5) is 0 Å². The van der Waals surface area contributed by atoms with Gasteiger partial charge in [0.25, 0.3) is 0 Å². The first-order valence-electron chi connectivity index (χ1n) is 13.5. The Labute approximate surface area is 227 Å². The molecular weight excluding hydrogens is 470 g/mol. The fourth-order valence-electron chi connectivity index (χ4n) is 4.76. The largest absolute Gasteiger partial charge is 0.495 e. The molecule has 0 aliphatic carbocycles. The molecule has 0 radical (unpaired) electrons. The fourth-order valence-corrected chi connectivity index (χ4v) is 4.76. The zero-order valence-corrected chi connectivity index (χ0v) is 23.9. The molecular formula is C32H38B2O4. The van der Waals surface area contributed by atoms with E-state index in [2.05, 4.69) is 140 Å². The van der Waals surface area contributed by atoms with Gasteiger partial charge in [-0.2, -0.15) is 0 Å². The zero-order chi connectivity index (χ0) is 27.3. The fraction of sp³-hybridized carbons (Fsp3) is 0.375. The molecule has 0 unspecified atom stereocenters. The van der Waals surface area contributed by atoms with Gasteiger partial charge >= 0.3 is 14.2 Å². The third-order valence-corrected chi connectivity index (χ3v) is 8.63. The van der Waals surface area contributed by atoms with Crippen LogP contribution in [0.5, 0.6) is 0 Å². The monoisotopic (exact) mass is 508 g/mol. The van der Waals surface area contributed by atoms with Crippen molar-refractivity contribution in [3.63, 3.8) is 0 Å². The smallest absolute Gasteiger partial charge is 0.399 e. The van der Waals surface area contributed by atoms with Crippen molar-refractivity contribution in [3.05, 3.63) is 84.9 Å². The van der Waals surface area contributed by atoms with Gasteiger partial charge in [0.2, 0.25) is 0 Å². The van der Waals surface area contributed by atoms with E-state index in [1.165, 1.54) is 21.5 Å². The van der Waals surface area contributed by atoms with Gasteiger partial charge in [-0.25, -0.2) is 0 Å². The van der Waals surface area contributed by atoms with Gasteiger partial charge in [0.1, 0.15) is 0 Å². The van der Waals surface area contributed by atoms with Crippen molar-refractivity contribution in [2.24, 2.45) is 0 Å². The third kappa shape index (κ3) is 4.91. The summed E-state index contributed by atoms with van der Waals surface area (Å²) >= 11 is 0. The topological polar surface area (TPSA) is 36.9 Å². The first-order chi connectivity index (χ1) is 17.8. The van der Waals surface area contributed by atoms with Gasteiger partial charge < -0.3 is 18.6 Å². The highest BCUT2D eigenvalue weighted by Crippen LogP contribution is 2.37. The van der Waals surface area contributed by atoms with Crippen molar-refractivity contribution in [1.29, 1.82) is 0 Å². The van der Waals surface area contributed by atoms with Crippen LogP contribution in [0.2, 0.25) is 0 Å². The number of benzene rings is 4. The van der Waals surface area contributed by atoms with E-state index in [1.54, 1.807) is 0 Å². The van der Waals surface area contributed by atoms with E-state index >= 15 is 0 Å². The second-order valence-corrected chi connectivity index (χ2v) is 12.4. The van der Waals surface area contributed by atoms with E-state index in [1.807, 2.05) is 0 Å². The number of hydrogen-bond acceptors (Lipinski definition) is 4. The predicted molar refractivity (Wildman–Crippen MR) is 159 cm³/mol. The Morgan fingerprint density at radius 1 is 0.447 bits per heavy atom. The van der Waals surface area contributed by atoms with E-state index in [4.69, 9.17) is 18.6 Å². The summed E-state index contributed by atoms with van der Waals surface area (Å²) in [6.45, 7) is 16.6. The minimum absolute atomic E-state index is 0.283. The standard InChI is InChI=1S/2C16H19BO2/c1-15(2)16(3,4)19-17(18-15)14-11-7-9-12-8-5-6-10-13(12)14;1-15(2)16(3,4)19-17(18-15)14-10-9-12-7-5-6-8-13(12)11-14/h2*5-11H,1-4H3. The lowest BCUT2D eigenvalue weighted by Crippen LogP contribution is -2.41. The Bertz CT molecular complexity index is 1420. The van der Waals surface area contributed by atoms with Gasteiger partial charge in [0.15, 0.2) is 0 Å². The second kappa shape index (κ2) is 9.53. The Balaban J connectivity index is 0.000000155. The van der Waals surface area contributed by atoms with Crippen LogP contribution in [-0.2, 0) is 18.6 Å². The zero-order valence-electron chi connectivity index (χ0n) is 23.9. The summed E-state index contributed by atoms with van der Waals surface area (Å²) in [6.07, 6.45) is 0. The Kier molecular flexibility index (Phi) is 6.76. The van der Waals surface area contributed by atoms with Gasteiger partial charge in [-0.15, -0.1) is 0 Å². The molecule has 0 saturated carbocycles. The van der Waals surface area contributed by atoms with Crippen LogP contribution < -0.4 is 10.9 Å². The molecule has 0 spiro atoms. The molecule has 4 aromatic rings. The van der Waals surface area contributed by atoms with E-state index in [-0.39, 0.29) is 36.6 Å². The van der Waals surface area contributed by atoms with Crippen LogP contribution in [0.1, 0.15) is 55.4 Å². The van der Waals surface area contributed by atoms with Crippen molar-refractivity contribution in [2.75, 3.05) is 0 Å². The molecule has 2 aliphatic heterocycles.